The van der Waals surface area contributed by atoms with Crippen LogP contribution in [-0.2, 0) is 12.8 Å². The second-order valence-corrected chi connectivity index (χ2v) is 8.02. The molecule has 162 valence electrons. The zero-order valence-corrected chi connectivity index (χ0v) is 17.2. The number of hydrogen-bond acceptors (Lipinski definition) is 6. The van der Waals surface area contributed by atoms with Gasteiger partial charge in [-0.3, -0.25) is 0 Å². The van der Waals surface area contributed by atoms with Crippen LogP contribution in [0, 0.1) is 11.8 Å². The number of H-pyrrole nitrogens is 1. The summed E-state index contributed by atoms with van der Waals surface area (Å²) < 4.78 is 0. The molecule has 4 N–H and O–H groups in total. The molecule has 0 radical (unpaired) electrons. The van der Waals surface area contributed by atoms with E-state index >= 15 is 0 Å². The highest BCUT2D eigenvalue weighted by molar-refractivity contribution is 5.15. The summed E-state index contributed by atoms with van der Waals surface area (Å²) in [6, 6.07) is 10.1. The number of hydrogen-bond donors (Lipinski definition) is 4. The van der Waals surface area contributed by atoms with Gasteiger partial charge in [-0.2, -0.15) is 5.21 Å². The maximum atomic E-state index is 10.4. The Bertz CT molecular complexity index is 779. The Balaban J connectivity index is 1.43. The third-order valence-corrected chi connectivity index (χ3v) is 5.78. The number of aliphatic hydroxyl groups excluding tert-OH is 3. The molecule has 1 aliphatic carbocycles. The molecule has 7 heteroatoms. The van der Waals surface area contributed by atoms with Gasteiger partial charge >= 0.3 is 0 Å². The van der Waals surface area contributed by atoms with Crippen molar-refractivity contribution in [2.24, 2.45) is 11.8 Å². The average molecular weight is 413 g/mol. The number of allylic oxidation sites excluding steroid dienone is 2. The molecule has 0 aliphatic heterocycles. The summed E-state index contributed by atoms with van der Waals surface area (Å²) in [5.74, 6) is 0.537. The highest BCUT2D eigenvalue weighted by Crippen LogP contribution is 2.36. The first-order valence-electron chi connectivity index (χ1n) is 10.8. The summed E-state index contributed by atoms with van der Waals surface area (Å²) in [5.41, 5.74) is 1.20. The molecule has 5 unspecified atom stereocenters. The lowest BCUT2D eigenvalue weighted by Gasteiger charge is -2.19. The minimum absolute atomic E-state index is 0.0361. The third kappa shape index (κ3) is 6.86. The fourth-order valence-electron chi connectivity index (χ4n) is 4.06. The van der Waals surface area contributed by atoms with Crippen molar-refractivity contribution >= 4 is 0 Å². The number of tetrazole rings is 1. The van der Waals surface area contributed by atoms with Crippen molar-refractivity contribution in [3.05, 3.63) is 66.0 Å². The minimum atomic E-state index is -0.575. The van der Waals surface area contributed by atoms with E-state index in [9.17, 15) is 15.3 Å². The van der Waals surface area contributed by atoms with Gasteiger partial charge in [0.25, 0.3) is 0 Å². The highest BCUT2D eigenvalue weighted by atomic mass is 16.3. The van der Waals surface area contributed by atoms with E-state index in [0.717, 1.165) is 25.7 Å². The summed E-state index contributed by atoms with van der Waals surface area (Å²) in [4.78, 5) is 0. The van der Waals surface area contributed by atoms with Gasteiger partial charge in [0.15, 0.2) is 5.82 Å². The topological polar surface area (TPSA) is 115 Å². The van der Waals surface area contributed by atoms with Gasteiger partial charge < -0.3 is 15.3 Å². The number of unbranched alkanes of at least 4 members (excludes halogenated alkanes) is 1. The first-order valence-corrected chi connectivity index (χ1v) is 10.8. The largest absolute Gasteiger partial charge is 0.393 e. The lowest BCUT2D eigenvalue weighted by Crippen LogP contribution is -2.20. The first kappa shape index (κ1) is 22.3. The average Bonchev–Trinajstić information content (AvgIpc) is 3.36. The lowest BCUT2D eigenvalue weighted by molar-refractivity contribution is 0.120. The van der Waals surface area contributed by atoms with Crippen LogP contribution < -0.4 is 0 Å². The molecule has 1 aliphatic rings. The first-order chi connectivity index (χ1) is 14.6. The molecule has 5 atom stereocenters. The Morgan fingerprint density at radius 1 is 1.10 bits per heavy atom. The second kappa shape index (κ2) is 11.7. The smallest absolute Gasteiger partial charge is 0.174 e. The molecule has 0 spiro atoms. The van der Waals surface area contributed by atoms with Gasteiger partial charge in [0.2, 0.25) is 0 Å². The van der Waals surface area contributed by atoms with E-state index in [1.807, 2.05) is 24.3 Å². The van der Waals surface area contributed by atoms with Gasteiger partial charge in [0, 0.05) is 18.8 Å². The third-order valence-electron chi connectivity index (χ3n) is 5.78. The van der Waals surface area contributed by atoms with Crippen LogP contribution in [0.25, 0.3) is 0 Å². The van der Waals surface area contributed by atoms with E-state index in [4.69, 9.17) is 0 Å². The number of aliphatic hydroxyl groups is 3. The van der Waals surface area contributed by atoms with Crippen LogP contribution in [0.2, 0.25) is 0 Å². The molecule has 0 saturated heterocycles. The molecule has 3 rings (SSSR count). The lowest BCUT2D eigenvalue weighted by atomic mass is 9.89. The predicted octanol–water partition coefficient (Wildman–Crippen LogP) is 2.38. The molecule has 2 aromatic rings. The van der Waals surface area contributed by atoms with Gasteiger partial charge in [-0.05, 0) is 43.6 Å². The summed E-state index contributed by atoms with van der Waals surface area (Å²) in [7, 11) is 0. The predicted molar refractivity (Wildman–Crippen MR) is 114 cm³/mol. The van der Waals surface area contributed by atoms with E-state index in [-0.39, 0.29) is 11.8 Å². The van der Waals surface area contributed by atoms with Gasteiger partial charge in [0.1, 0.15) is 0 Å². The Kier molecular flexibility index (Phi) is 8.74. The van der Waals surface area contributed by atoms with Crippen LogP contribution in [0.3, 0.4) is 0 Å². The Morgan fingerprint density at radius 3 is 2.70 bits per heavy atom. The van der Waals surface area contributed by atoms with Crippen molar-refractivity contribution in [2.75, 3.05) is 0 Å². The van der Waals surface area contributed by atoms with Gasteiger partial charge in [0.05, 0.1) is 18.3 Å². The van der Waals surface area contributed by atoms with Crippen LogP contribution in [0.1, 0.15) is 43.5 Å². The standard InChI is InChI=1S/C23H32N4O3/c28-18(13-12-17-8-4-3-5-9-17)14-15-20-19(21(29)16-22(20)30)10-6-1-2-7-11-23-24-26-27-25-23/h1,3-6,8-9,14-15,18-22,28-30H,2,7,10-13,16H2,(H,24,25,26,27). The molecule has 1 aromatic heterocycles. The van der Waals surface area contributed by atoms with E-state index in [2.05, 4.69) is 44.9 Å². The van der Waals surface area contributed by atoms with Crippen molar-refractivity contribution in [3.63, 3.8) is 0 Å². The molecule has 30 heavy (non-hydrogen) atoms. The number of benzene rings is 1. The molecule has 1 saturated carbocycles. The summed E-state index contributed by atoms with van der Waals surface area (Å²) in [5, 5.41) is 44.9. The van der Waals surface area contributed by atoms with Crippen LogP contribution in [0.5, 0.6) is 0 Å². The van der Waals surface area contributed by atoms with Crippen molar-refractivity contribution < 1.29 is 15.3 Å². The monoisotopic (exact) mass is 412 g/mol. The molecular formula is C23H32N4O3. The second-order valence-electron chi connectivity index (χ2n) is 8.02. The Labute approximate surface area is 177 Å². The summed E-state index contributed by atoms with van der Waals surface area (Å²) in [6.45, 7) is 0. The quantitative estimate of drug-likeness (QED) is 0.333. The number of nitrogens with zero attached hydrogens (tertiary/aromatic N) is 3. The maximum Gasteiger partial charge on any atom is 0.174 e. The summed E-state index contributed by atoms with van der Waals surface area (Å²) in [6.07, 6.45) is 11.3. The Morgan fingerprint density at radius 2 is 1.93 bits per heavy atom. The van der Waals surface area contributed by atoms with Crippen LogP contribution in [0.4, 0.5) is 0 Å². The van der Waals surface area contributed by atoms with Crippen molar-refractivity contribution in [3.8, 4) is 0 Å². The SMILES string of the molecule is OC(C=CC1C(O)CC(O)C1CC=CCCCc1nn[nH]n1)CCc1ccccc1. The summed E-state index contributed by atoms with van der Waals surface area (Å²) >= 11 is 0. The van der Waals surface area contributed by atoms with E-state index in [0.29, 0.717) is 25.1 Å². The molecule has 0 bridgehead atoms. The maximum absolute atomic E-state index is 10.4. The molecular weight excluding hydrogens is 380 g/mol. The van der Waals surface area contributed by atoms with Crippen LogP contribution in [0.15, 0.2) is 54.6 Å². The van der Waals surface area contributed by atoms with Gasteiger partial charge in [-0.15, -0.1) is 10.2 Å². The zero-order chi connectivity index (χ0) is 21.2. The number of nitrogens with one attached hydrogen (secondary N) is 1. The van der Waals surface area contributed by atoms with Crippen LogP contribution in [-0.4, -0.2) is 54.3 Å². The zero-order valence-electron chi connectivity index (χ0n) is 17.2. The molecule has 1 aromatic carbocycles. The number of aromatic amines is 1. The number of rotatable bonds is 11. The molecule has 1 heterocycles. The molecule has 0 amide bonds. The number of aryl methyl sites for hydroxylation is 2. The van der Waals surface area contributed by atoms with Crippen molar-refractivity contribution in [1.82, 2.24) is 20.6 Å². The fraction of sp³-hybridized carbons (Fsp3) is 0.522. The fourth-order valence-corrected chi connectivity index (χ4v) is 4.06. The highest BCUT2D eigenvalue weighted by Gasteiger charge is 2.39. The van der Waals surface area contributed by atoms with E-state index < -0.39 is 18.3 Å². The normalized spacial score (nSPS) is 25.4. The minimum Gasteiger partial charge on any atom is -0.393 e. The van der Waals surface area contributed by atoms with E-state index in [1.54, 1.807) is 6.08 Å². The van der Waals surface area contributed by atoms with Gasteiger partial charge in [-0.1, -0.05) is 59.8 Å². The van der Waals surface area contributed by atoms with Crippen molar-refractivity contribution in [1.29, 1.82) is 0 Å². The molecule has 7 nitrogen and oxygen atoms in total. The Hall–Kier alpha value is -2.35. The van der Waals surface area contributed by atoms with Crippen LogP contribution >= 0.6 is 0 Å². The van der Waals surface area contributed by atoms with Gasteiger partial charge in [-0.25, -0.2) is 0 Å². The molecule has 1 fully saturated rings. The van der Waals surface area contributed by atoms with Crippen molar-refractivity contribution in [2.45, 2.75) is 63.3 Å². The van der Waals surface area contributed by atoms with E-state index in [1.165, 1.54) is 5.56 Å². The number of aromatic nitrogens is 4.